The van der Waals surface area contributed by atoms with E-state index >= 15 is 0 Å². The first kappa shape index (κ1) is 32.3. The molecule has 2 unspecified atom stereocenters. The zero-order valence-electron chi connectivity index (χ0n) is 30.8. The number of fused-ring (bicyclic) bond motifs is 6. The number of rotatable bonds is 6. The summed E-state index contributed by atoms with van der Waals surface area (Å²) in [6, 6.07) is 73.0. The molecule has 11 rings (SSSR count). The molecule has 2 heteroatoms. The van der Waals surface area contributed by atoms with Crippen LogP contribution in [0, 0.1) is 0 Å². The molecule has 2 atom stereocenters. The molecule has 2 heterocycles. The summed E-state index contributed by atoms with van der Waals surface area (Å²) in [6.07, 6.45) is 7.27. The van der Waals surface area contributed by atoms with Gasteiger partial charge in [0.05, 0.1) is 17.1 Å². The Bertz CT molecular complexity index is 2950. The normalized spacial score (nSPS) is 15.9. The first-order valence-corrected chi connectivity index (χ1v) is 19.5. The van der Waals surface area contributed by atoms with Gasteiger partial charge in [-0.1, -0.05) is 176 Å². The molecule has 1 aliphatic carbocycles. The highest BCUT2D eigenvalue weighted by atomic mass is 15.2. The van der Waals surface area contributed by atoms with Crippen LogP contribution in [0.25, 0.3) is 66.4 Å². The summed E-state index contributed by atoms with van der Waals surface area (Å²) in [5.41, 5.74) is 17.4. The first-order chi connectivity index (χ1) is 27.8. The van der Waals surface area contributed by atoms with Crippen molar-refractivity contribution >= 4 is 38.8 Å². The van der Waals surface area contributed by atoms with Crippen LogP contribution in [0.1, 0.15) is 17.0 Å². The molecule has 264 valence electrons. The number of anilines is 2. The zero-order valence-corrected chi connectivity index (χ0v) is 30.8. The number of aromatic nitrogens is 1. The zero-order chi connectivity index (χ0) is 37.0. The second kappa shape index (κ2) is 13.3. The van der Waals surface area contributed by atoms with E-state index in [1.165, 1.54) is 83.3 Å². The fraction of sp³-hybridized carbons (Fsp3) is 0.0370. The van der Waals surface area contributed by atoms with Gasteiger partial charge in [0, 0.05) is 39.3 Å². The average Bonchev–Trinajstić information content (AvgIpc) is 3.79. The molecule has 0 spiro atoms. The van der Waals surface area contributed by atoms with E-state index in [1.54, 1.807) is 0 Å². The van der Waals surface area contributed by atoms with Gasteiger partial charge in [0.2, 0.25) is 0 Å². The summed E-state index contributed by atoms with van der Waals surface area (Å²) < 4.78 is 2.41. The smallest absolute Gasteiger partial charge is 0.0630 e. The fourth-order valence-electron chi connectivity index (χ4n) is 9.09. The van der Waals surface area contributed by atoms with Gasteiger partial charge in [-0.3, -0.25) is 0 Å². The van der Waals surface area contributed by atoms with Crippen LogP contribution in [-0.4, -0.2) is 10.6 Å². The van der Waals surface area contributed by atoms with Crippen molar-refractivity contribution in [3.63, 3.8) is 0 Å². The second-order valence-corrected chi connectivity index (χ2v) is 14.9. The Morgan fingerprint density at radius 3 is 1.70 bits per heavy atom. The maximum atomic E-state index is 2.55. The van der Waals surface area contributed by atoms with Gasteiger partial charge in [-0.15, -0.1) is 0 Å². The van der Waals surface area contributed by atoms with Crippen LogP contribution >= 0.6 is 0 Å². The molecule has 9 aromatic rings. The van der Waals surface area contributed by atoms with Crippen molar-refractivity contribution in [2.24, 2.45) is 0 Å². The Kier molecular flexibility index (Phi) is 7.67. The minimum atomic E-state index is 0.191. The Morgan fingerprint density at radius 1 is 0.393 bits per heavy atom. The van der Waals surface area contributed by atoms with Crippen molar-refractivity contribution in [2.75, 3.05) is 4.90 Å². The lowest BCUT2D eigenvalue weighted by molar-refractivity contribution is 0.747. The summed E-state index contributed by atoms with van der Waals surface area (Å²) in [7, 11) is 0. The summed E-state index contributed by atoms with van der Waals surface area (Å²) >= 11 is 0. The van der Waals surface area contributed by atoms with Crippen LogP contribution in [0.3, 0.4) is 0 Å². The highest BCUT2D eigenvalue weighted by Crippen LogP contribution is 2.51. The van der Waals surface area contributed by atoms with Crippen molar-refractivity contribution in [2.45, 2.75) is 12.0 Å². The lowest BCUT2D eigenvalue weighted by Crippen LogP contribution is -2.29. The van der Waals surface area contributed by atoms with Crippen molar-refractivity contribution < 1.29 is 0 Å². The van der Waals surface area contributed by atoms with Crippen molar-refractivity contribution in [3.8, 4) is 39.1 Å². The standard InChI is InChI=1S/C54H38N2/c1-3-13-37(14-4-1)38-23-25-39(26-24-38)40-27-31-44(32-28-40)55-51-21-11-8-18-46(51)48-35-42(29-33-53(48)55)43-30-34-54-49(36-43)47-19-9-12-22-52(47)56(54)50-20-10-7-17-45(50)41-15-5-2-6-16-41/h1-36,49,54H. The predicted octanol–water partition coefficient (Wildman–Crippen LogP) is 14.0. The van der Waals surface area contributed by atoms with Crippen LogP contribution in [-0.2, 0) is 0 Å². The molecule has 56 heavy (non-hydrogen) atoms. The van der Waals surface area contributed by atoms with Crippen LogP contribution in [0.4, 0.5) is 11.4 Å². The van der Waals surface area contributed by atoms with Gasteiger partial charge in [0.1, 0.15) is 0 Å². The first-order valence-electron chi connectivity index (χ1n) is 19.5. The number of hydrogen-bond acceptors (Lipinski definition) is 1. The van der Waals surface area contributed by atoms with E-state index in [4.69, 9.17) is 0 Å². The summed E-state index contributed by atoms with van der Waals surface area (Å²) in [5, 5.41) is 2.53. The van der Waals surface area contributed by atoms with E-state index in [9.17, 15) is 0 Å². The van der Waals surface area contributed by atoms with Gasteiger partial charge in [0.15, 0.2) is 0 Å². The SMILES string of the molecule is C1=CC2C(C=C1c1ccc3c(c1)c1ccccc1n3-c1ccc(-c3ccc(-c4ccccc4)cc3)cc1)c1ccccc1N2c1ccccc1-c1ccccc1. The number of allylic oxidation sites excluding steroid dienone is 2. The average molecular weight is 715 g/mol. The Morgan fingerprint density at radius 2 is 0.946 bits per heavy atom. The Hall–Kier alpha value is -7.16. The lowest BCUT2D eigenvalue weighted by atomic mass is 9.86. The largest absolute Gasteiger partial charge is 0.333 e. The van der Waals surface area contributed by atoms with E-state index in [-0.39, 0.29) is 12.0 Å². The van der Waals surface area contributed by atoms with Crippen LogP contribution in [0.15, 0.2) is 218 Å². The van der Waals surface area contributed by atoms with E-state index in [1.807, 2.05) is 0 Å². The maximum absolute atomic E-state index is 2.55. The molecular weight excluding hydrogens is 677 g/mol. The molecule has 0 radical (unpaired) electrons. The maximum Gasteiger partial charge on any atom is 0.0630 e. The molecule has 1 aromatic heterocycles. The highest BCUT2D eigenvalue weighted by molar-refractivity contribution is 6.10. The summed E-state index contributed by atoms with van der Waals surface area (Å²) in [4.78, 5) is 2.55. The van der Waals surface area contributed by atoms with E-state index < -0.39 is 0 Å². The van der Waals surface area contributed by atoms with Crippen LogP contribution in [0.5, 0.6) is 0 Å². The monoisotopic (exact) mass is 714 g/mol. The molecule has 2 nitrogen and oxygen atoms in total. The number of nitrogens with zero attached hydrogens (tertiary/aromatic N) is 2. The quantitative estimate of drug-likeness (QED) is 0.166. The molecule has 8 aromatic carbocycles. The van der Waals surface area contributed by atoms with Crippen molar-refractivity contribution in [1.29, 1.82) is 0 Å². The van der Waals surface area contributed by atoms with Crippen molar-refractivity contribution in [1.82, 2.24) is 4.57 Å². The molecule has 0 saturated carbocycles. The lowest BCUT2D eigenvalue weighted by Gasteiger charge is -2.31. The molecule has 0 N–H and O–H groups in total. The second-order valence-electron chi connectivity index (χ2n) is 14.9. The number of hydrogen-bond donors (Lipinski definition) is 0. The molecule has 0 bridgehead atoms. The minimum absolute atomic E-state index is 0.191. The van der Waals surface area contributed by atoms with Gasteiger partial charge >= 0.3 is 0 Å². The molecule has 0 fully saturated rings. The van der Waals surface area contributed by atoms with E-state index in [0.29, 0.717) is 0 Å². The summed E-state index contributed by atoms with van der Waals surface area (Å²) in [5.74, 6) is 0.236. The number of para-hydroxylation sites is 3. The minimum Gasteiger partial charge on any atom is -0.333 e. The number of benzene rings is 8. The van der Waals surface area contributed by atoms with Gasteiger partial charge in [-0.2, -0.15) is 0 Å². The molecule has 2 aliphatic rings. The van der Waals surface area contributed by atoms with Gasteiger partial charge in [-0.25, -0.2) is 0 Å². The third-order valence-electron chi connectivity index (χ3n) is 11.8. The van der Waals surface area contributed by atoms with Gasteiger partial charge in [-0.05, 0) is 87.0 Å². The highest BCUT2D eigenvalue weighted by Gasteiger charge is 2.39. The van der Waals surface area contributed by atoms with Gasteiger partial charge < -0.3 is 9.47 Å². The fourth-order valence-corrected chi connectivity index (χ4v) is 9.09. The molecule has 0 amide bonds. The van der Waals surface area contributed by atoms with Crippen LogP contribution in [0.2, 0.25) is 0 Å². The predicted molar refractivity (Wildman–Crippen MR) is 236 cm³/mol. The molecule has 1 aliphatic heterocycles. The third kappa shape index (κ3) is 5.33. The summed E-state index contributed by atoms with van der Waals surface area (Å²) in [6.45, 7) is 0. The third-order valence-corrected chi connectivity index (χ3v) is 11.8. The Labute approximate surface area is 327 Å². The molecular formula is C54H38N2. The molecule has 0 saturated heterocycles. The Balaban J connectivity index is 0.942. The van der Waals surface area contributed by atoms with E-state index in [2.05, 4.69) is 228 Å². The van der Waals surface area contributed by atoms with Crippen LogP contribution < -0.4 is 4.90 Å². The van der Waals surface area contributed by atoms with Gasteiger partial charge in [0.25, 0.3) is 0 Å². The topological polar surface area (TPSA) is 8.17 Å². The van der Waals surface area contributed by atoms with Crippen molar-refractivity contribution in [3.05, 3.63) is 230 Å². The van der Waals surface area contributed by atoms with E-state index in [0.717, 1.165) is 5.69 Å².